The molecule has 0 amide bonds. The fourth-order valence-electron chi connectivity index (χ4n) is 3.10. The van der Waals surface area contributed by atoms with E-state index in [0.717, 1.165) is 61.3 Å². The van der Waals surface area contributed by atoms with Gasteiger partial charge in [-0.2, -0.15) is 0 Å². The summed E-state index contributed by atoms with van der Waals surface area (Å²) >= 11 is 0. The van der Waals surface area contributed by atoms with Gasteiger partial charge in [0.1, 0.15) is 18.0 Å². The standard InChI is InChI=1S/C16H20N8/c1-3-22-11-20-14-15(22)18-10-19-16(14)24-8-6-23(7-9-24)13-4-5-17-12(2)21-13/h4-5,10-11H,3,6-9H2,1-2H3. The van der Waals surface area contributed by atoms with Crippen LogP contribution < -0.4 is 9.80 Å². The first-order valence-corrected chi connectivity index (χ1v) is 8.21. The first kappa shape index (κ1) is 14.8. The van der Waals surface area contributed by atoms with Gasteiger partial charge in [-0.05, 0) is 19.9 Å². The Labute approximate surface area is 140 Å². The molecule has 4 heterocycles. The molecular weight excluding hydrogens is 304 g/mol. The molecule has 24 heavy (non-hydrogen) atoms. The van der Waals surface area contributed by atoms with Crippen molar-refractivity contribution in [3.05, 3.63) is 30.7 Å². The Balaban J connectivity index is 1.55. The second kappa shape index (κ2) is 6.03. The average Bonchev–Trinajstić information content (AvgIpc) is 3.05. The van der Waals surface area contributed by atoms with Gasteiger partial charge in [0.2, 0.25) is 0 Å². The molecular formula is C16H20N8. The fourth-order valence-corrected chi connectivity index (χ4v) is 3.10. The minimum absolute atomic E-state index is 0.803. The number of imidazole rings is 1. The molecule has 0 atom stereocenters. The summed E-state index contributed by atoms with van der Waals surface area (Å²) in [6, 6.07) is 1.97. The molecule has 3 aromatic rings. The topological polar surface area (TPSA) is 75.9 Å². The predicted molar refractivity (Wildman–Crippen MR) is 92.2 cm³/mol. The lowest BCUT2D eigenvalue weighted by Crippen LogP contribution is -2.47. The van der Waals surface area contributed by atoms with Gasteiger partial charge in [0.25, 0.3) is 0 Å². The summed E-state index contributed by atoms with van der Waals surface area (Å²) in [7, 11) is 0. The first-order chi connectivity index (χ1) is 11.8. The molecule has 1 saturated heterocycles. The van der Waals surface area contributed by atoms with Crippen LogP contribution in [0.5, 0.6) is 0 Å². The summed E-state index contributed by atoms with van der Waals surface area (Å²) in [5.41, 5.74) is 1.78. The molecule has 0 spiro atoms. The molecule has 0 saturated carbocycles. The molecule has 0 aromatic carbocycles. The van der Waals surface area contributed by atoms with Crippen LogP contribution in [-0.2, 0) is 6.54 Å². The Hall–Kier alpha value is -2.77. The van der Waals surface area contributed by atoms with Gasteiger partial charge in [0, 0.05) is 38.9 Å². The lowest BCUT2D eigenvalue weighted by atomic mass is 10.3. The molecule has 8 heteroatoms. The van der Waals surface area contributed by atoms with E-state index in [-0.39, 0.29) is 0 Å². The van der Waals surface area contributed by atoms with Gasteiger partial charge >= 0.3 is 0 Å². The number of hydrogen-bond donors (Lipinski definition) is 0. The molecule has 124 valence electrons. The molecule has 0 N–H and O–H groups in total. The molecule has 0 bridgehead atoms. The Morgan fingerprint density at radius 3 is 2.54 bits per heavy atom. The van der Waals surface area contributed by atoms with E-state index in [9.17, 15) is 0 Å². The molecule has 0 unspecified atom stereocenters. The largest absolute Gasteiger partial charge is 0.353 e. The zero-order valence-corrected chi connectivity index (χ0v) is 13.9. The second-order valence-electron chi connectivity index (χ2n) is 5.84. The molecule has 1 fully saturated rings. The van der Waals surface area contributed by atoms with Gasteiger partial charge in [-0.1, -0.05) is 0 Å². The van der Waals surface area contributed by atoms with Gasteiger partial charge in [-0.15, -0.1) is 0 Å². The third-order valence-corrected chi connectivity index (χ3v) is 4.39. The Morgan fingerprint density at radius 2 is 1.79 bits per heavy atom. The average molecular weight is 324 g/mol. The van der Waals surface area contributed by atoms with Gasteiger partial charge in [-0.25, -0.2) is 24.9 Å². The lowest BCUT2D eigenvalue weighted by Gasteiger charge is -2.36. The number of fused-ring (bicyclic) bond motifs is 1. The molecule has 1 aliphatic rings. The van der Waals surface area contributed by atoms with Crippen LogP contribution in [0.1, 0.15) is 12.7 Å². The van der Waals surface area contributed by atoms with Crippen molar-refractivity contribution in [1.29, 1.82) is 0 Å². The van der Waals surface area contributed by atoms with Crippen LogP contribution >= 0.6 is 0 Å². The number of anilines is 2. The second-order valence-corrected chi connectivity index (χ2v) is 5.84. The van der Waals surface area contributed by atoms with Crippen molar-refractivity contribution in [3.8, 4) is 0 Å². The maximum Gasteiger partial charge on any atom is 0.165 e. The van der Waals surface area contributed by atoms with E-state index in [1.165, 1.54) is 0 Å². The van der Waals surface area contributed by atoms with E-state index >= 15 is 0 Å². The van der Waals surface area contributed by atoms with Crippen LogP contribution in [0.3, 0.4) is 0 Å². The van der Waals surface area contributed by atoms with Crippen LogP contribution in [0.4, 0.5) is 11.6 Å². The highest BCUT2D eigenvalue weighted by molar-refractivity contribution is 5.83. The highest BCUT2D eigenvalue weighted by Crippen LogP contribution is 2.23. The Morgan fingerprint density at radius 1 is 1.00 bits per heavy atom. The molecule has 8 nitrogen and oxygen atoms in total. The van der Waals surface area contributed by atoms with E-state index in [0.29, 0.717) is 0 Å². The van der Waals surface area contributed by atoms with E-state index in [1.54, 1.807) is 6.33 Å². The van der Waals surface area contributed by atoms with E-state index in [2.05, 4.69) is 41.6 Å². The zero-order chi connectivity index (χ0) is 16.5. The maximum atomic E-state index is 4.52. The highest BCUT2D eigenvalue weighted by Gasteiger charge is 2.22. The van der Waals surface area contributed by atoms with E-state index in [4.69, 9.17) is 0 Å². The lowest BCUT2D eigenvalue weighted by molar-refractivity contribution is 0.641. The maximum absolute atomic E-state index is 4.52. The van der Waals surface area contributed by atoms with Crippen molar-refractivity contribution in [2.24, 2.45) is 0 Å². The van der Waals surface area contributed by atoms with E-state index < -0.39 is 0 Å². The van der Waals surface area contributed by atoms with Crippen molar-refractivity contribution < 1.29 is 0 Å². The predicted octanol–water partition coefficient (Wildman–Crippen LogP) is 1.27. The molecule has 0 aliphatic carbocycles. The normalized spacial score (nSPS) is 15.2. The van der Waals surface area contributed by atoms with Gasteiger partial charge in [-0.3, -0.25) is 0 Å². The highest BCUT2D eigenvalue weighted by atomic mass is 15.3. The van der Waals surface area contributed by atoms with E-state index in [1.807, 2.05) is 30.1 Å². The summed E-state index contributed by atoms with van der Waals surface area (Å²) in [6.45, 7) is 8.43. The van der Waals surface area contributed by atoms with Gasteiger partial charge in [0.05, 0.1) is 6.33 Å². The number of nitrogens with zero attached hydrogens (tertiary/aromatic N) is 8. The van der Waals surface area contributed by atoms with Crippen molar-refractivity contribution >= 4 is 22.8 Å². The van der Waals surface area contributed by atoms with Crippen LogP contribution in [0, 0.1) is 6.92 Å². The minimum atomic E-state index is 0.803. The van der Waals surface area contributed by atoms with Crippen molar-refractivity contribution in [2.75, 3.05) is 36.0 Å². The number of piperazine rings is 1. The fraction of sp³-hybridized carbons (Fsp3) is 0.438. The number of hydrogen-bond acceptors (Lipinski definition) is 7. The quantitative estimate of drug-likeness (QED) is 0.718. The van der Waals surface area contributed by atoms with Crippen molar-refractivity contribution in [1.82, 2.24) is 29.5 Å². The van der Waals surface area contributed by atoms with Gasteiger partial charge in [0.15, 0.2) is 17.0 Å². The summed E-state index contributed by atoms with van der Waals surface area (Å²) in [5.74, 6) is 2.72. The first-order valence-electron chi connectivity index (χ1n) is 8.21. The number of aromatic nitrogens is 6. The summed E-state index contributed by atoms with van der Waals surface area (Å²) < 4.78 is 2.04. The van der Waals surface area contributed by atoms with Crippen LogP contribution in [-0.4, -0.2) is 55.7 Å². The smallest absolute Gasteiger partial charge is 0.165 e. The molecule has 0 radical (unpaired) electrons. The SMILES string of the molecule is CCn1cnc2c(N3CCN(c4ccnc(C)n4)CC3)ncnc21. The number of aryl methyl sites for hydroxylation is 2. The number of rotatable bonds is 3. The Kier molecular flexibility index (Phi) is 3.72. The summed E-state index contributed by atoms with van der Waals surface area (Å²) in [6.07, 6.45) is 5.28. The summed E-state index contributed by atoms with van der Waals surface area (Å²) in [4.78, 5) is 26.6. The zero-order valence-electron chi connectivity index (χ0n) is 13.9. The van der Waals surface area contributed by atoms with Crippen LogP contribution in [0.15, 0.2) is 24.9 Å². The Bertz CT molecular complexity index is 850. The van der Waals surface area contributed by atoms with Crippen LogP contribution in [0.2, 0.25) is 0 Å². The minimum Gasteiger partial charge on any atom is -0.353 e. The molecule has 1 aliphatic heterocycles. The third-order valence-electron chi connectivity index (χ3n) is 4.39. The third kappa shape index (κ3) is 2.53. The van der Waals surface area contributed by atoms with Crippen LogP contribution in [0.25, 0.3) is 11.2 Å². The van der Waals surface area contributed by atoms with Gasteiger partial charge < -0.3 is 14.4 Å². The molecule has 3 aromatic heterocycles. The summed E-state index contributed by atoms with van der Waals surface area (Å²) in [5, 5.41) is 0. The van der Waals surface area contributed by atoms with Crippen molar-refractivity contribution in [3.63, 3.8) is 0 Å². The monoisotopic (exact) mass is 324 g/mol. The molecule has 4 rings (SSSR count). The van der Waals surface area contributed by atoms with Crippen molar-refractivity contribution in [2.45, 2.75) is 20.4 Å².